The van der Waals surface area contributed by atoms with Crippen LogP contribution in [-0.2, 0) is 31.1 Å². The minimum Gasteiger partial charge on any atom is -0.487 e. The van der Waals surface area contributed by atoms with Crippen molar-refractivity contribution in [3.63, 3.8) is 0 Å². The largest absolute Gasteiger partial charge is 0.487 e. The lowest BCUT2D eigenvalue weighted by molar-refractivity contribution is -0.171. The van der Waals surface area contributed by atoms with Crippen molar-refractivity contribution in [3.05, 3.63) is 54.1 Å². The van der Waals surface area contributed by atoms with Crippen LogP contribution >= 0.6 is 0 Å². The molecule has 0 saturated heterocycles. The van der Waals surface area contributed by atoms with Gasteiger partial charge in [0.05, 0.1) is 13.5 Å². The Morgan fingerprint density at radius 1 is 1.20 bits per heavy atom. The Bertz CT molecular complexity index is 996. The van der Waals surface area contributed by atoms with Gasteiger partial charge in [-0.05, 0) is 17.7 Å². The second-order valence-corrected chi connectivity index (χ2v) is 7.95. The number of carbonyl (C=O) groups is 2. The quantitative estimate of drug-likeness (QED) is 0.368. The summed E-state index contributed by atoms with van der Waals surface area (Å²) in [5.74, 6) is -2.27. The van der Waals surface area contributed by atoms with Crippen molar-refractivity contribution in [2.45, 2.75) is 24.0 Å². The molecule has 10 nitrogen and oxygen atoms in total. The first-order valence-corrected chi connectivity index (χ1v) is 10.2. The van der Waals surface area contributed by atoms with Gasteiger partial charge in [-0.2, -0.15) is 4.72 Å². The third-order valence-electron chi connectivity index (χ3n) is 4.05. The van der Waals surface area contributed by atoms with Gasteiger partial charge in [0.2, 0.25) is 10.0 Å². The van der Waals surface area contributed by atoms with Gasteiger partial charge in [0.25, 0.3) is 5.91 Å². The summed E-state index contributed by atoms with van der Waals surface area (Å²) >= 11 is 0. The summed E-state index contributed by atoms with van der Waals surface area (Å²) in [4.78, 5) is 27.9. The van der Waals surface area contributed by atoms with E-state index in [0.717, 1.165) is 10.6 Å². The molecule has 30 heavy (non-hydrogen) atoms. The number of hydrogen-bond donors (Lipinski definition) is 3. The summed E-state index contributed by atoms with van der Waals surface area (Å²) in [6.07, 6.45) is -0.777. The van der Waals surface area contributed by atoms with Gasteiger partial charge in [0, 0.05) is 18.8 Å². The molecule has 0 aliphatic heterocycles. The van der Waals surface area contributed by atoms with E-state index in [4.69, 9.17) is 20.4 Å². The van der Waals surface area contributed by atoms with E-state index in [2.05, 4.69) is 4.72 Å². The van der Waals surface area contributed by atoms with E-state index < -0.39 is 34.4 Å². The maximum atomic E-state index is 12.9. The van der Waals surface area contributed by atoms with E-state index in [-0.39, 0.29) is 22.9 Å². The van der Waals surface area contributed by atoms with E-state index in [1.165, 1.54) is 32.4 Å². The van der Waals surface area contributed by atoms with Gasteiger partial charge in [-0.3, -0.25) is 14.4 Å². The number of benzene rings is 2. The number of rotatable bonds is 10. The Balaban J connectivity index is 2.32. The van der Waals surface area contributed by atoms with Crippen LogP contribution in [0.15, 0.2) is 53.4 Å². The van der Waals surface area contributed by atoms with E-state index >= 15 is 0 Å². The van der Waals surface area contributed by atoms with Crippen LogP contribution in [0.3, 0.4) is 0 Å². The van der Waals surface area contributed by atoms with Crippen molar-refractivity contribution in [1.82, 2.24) is 9.79 Å². The molecule has 11 heteroatoms. The van der Waals surface area contributed by atoms with Gasteiger partial charge in [-0.1, -0.05) is 30.3 Å². The summed E-state index contributed by atoms with van der Waals surface area (Å²) in [6.45, 7) is 0.0801. The number of aliphatic carboxylic acids is 1. The number of amides is 1. The van der Waals surface area contributed by atoms with Crippen LogP contribution in [-0.4, -0.2) is 50.7 Å². The van der Waals surface area contributed by atoms with Crippen LogP contribution in [0.1, 0.15) is 12.0 Å². The van der Waals surface area contributed by atoms with Crippen molar-refractivity contribution in [2.24, 2.45) is 0 Å². The number of sulfonamides is 1. The maximum absolute atomic E-state index is 12.9. The number of carboxylic acids is 1. The summed E-state index contributed by atoms with van der Waals surface area (Å²) in [7, 11) is -1.91. The van der Waals surface area contributed by atoms with Crippen LogP contribution in [0.4, 0.5) is 5.69 Å². The molecule has 2 rings (SSSR count). The predicted molar refractivity (Wildman–Crippen MR) is 108 cm³/mol. The molecule has 0 aromatic heterocycles. The number of hydrogen-bond acceptors (Lipinski definition) is 7. The normalized spacial score (nSPS) is 12.2. The highest BCUT2D eigenvalue weighted by Crippen LogP contribution is 2.27. The number of anilines is 1. The van der Waals surface area contributed by atoms with Crippen molar-refractivity contribution < 1.29 is 32.7 Å². The van der Waals surface area contributed by atoms with Gasteiger partial charge in [-0.15, -0.1) is 0 Å². The molecule has 0 fully saturated rings. The first-order valence-electron chi connectivity index (χ1n) is 8.76. The molecule has 1 unspecified atom stereocenters. The first-order chi connectivity index (χ1) is 14.1. The molecule has 2 aromatic carbocycles. The fourth-order valence-corrected chi connectivity index (χ4v) is 3.82. The highest BCUT2D eigenvalue weighted by Gasteiger charge is 2.32. The zero-order valence-corrected chi connectivity index (χ0v) is 17.3. The minimum atomic E-state index is -4.34. The number of nitrogens with two attached hydrogens (primary N) is 1. The maximum Gasteiger partial charge on any atom is 0.305 e. The van der Waals surface area contributed by atoms with Crippen LogP contribution < -0.4 is 15.2 Å². The zero-order chi connectivity index (χ0) is 22.3. The Morgan fingerprint density at radius 3 is 2.47 bits per heavy atom. The van der Waals surface area contributed by atoms with Crippen LogP contribution in [0.5, 0.6) is 5.75 Å². The number of nitrogen functional groups attached to an aromatic ring is 1. The fourth-order valence-electron chi connectivity index (χ4n) is 2.51. The third kappa shape index (κ3) is 6.17. The lowest BCUT2D eigenvalue weighted by Crippen LogP contribution is -2.48. The molecule has 0 spiro atoms. The van der Waals surface area contributed by atoms with Crippen LogP contribution in [0, 0.1) is 0 Å². The first kappa shape index (κ1) is 23.1. The van der Waals surface area contributed by atoms with Gasteiger partial charge in [0.15, 0.2) is 0 Å². The molecule has 2 aromatic rings. The van der Waals surface area contributed by atoms with E-state index in [1.54, 1.807) is 12.1 Å². The molecule has 0 heterocycles. The highest BCUT2D eigenvalue weighted by atomic mass is 32.2. The molecule has 1 atom stereocenters. The number of likely N-dealkylation sites (N-methyl/N-ethyl adjacent to an activating group) is 1. The number of carbonyl (C=O) groups excluding carboxylic acids is 1. The Hall–Kier alpha value is -3.15. The van der Waals surface area contributed by atoms with Crippen molar-refractivity contribution in [2.75, 3.05) is 19.9 Å². The number of carboxylic acid groups (broad SMARTS) is 1. The highest BCUT2D eigenvalue weighted by molar-refractivity contribution is 7.89. The molecule has 0 aliphatic carbocycles. The summed E-state index contributed by atoms with van der Waals surface area (Å²) in [6, 6.07) is 11.4. The molecular weight excluding hydrogens is 414 g/mol. The lowest BCUT2D eigenvalue weighted by Gasteiger charge is -2.22. The molecule has 0 aliphatic rings. The summed E-state index contributed by atoms with van der Waals surface area (Å²) in [5.41, 5.74) is 6.84. The summed E-state index contributed by atoms with van der Waals surface area (Å²) < 4.78 is 33.7. The van der Waals surface area contributed by atoms with Crippen molar-refractivity contribution in [1.29, 1.82) is 0 Å². The molecule has 1 amide bonds. The number of nitrogens with zero attached hydrogens (tertiary/aromatic N) is 1. The molecule has 0 bridgehead atoms. The monoisotopic (exact) mass is 437 g/mol. The van der Waals surface area contributed by atoms with Crippen LogP contribution in [0.2, 0.25) is 0 Å². The van der Waals surface area contributed by atoms with Crippen LogP contribution in [0.25, 0.3) is 0 Å². The Kier molecular flexibility index (Phi) is 7.75. The van der Waals surface area contributed by atoms with Gasteiger partial charge in [0.1, 0.15) is 23.3 Å². The topological polar surface area (TPSA) is 148 Å². The van der Waals surface area contributed by atoms with E-state index in [1.807, 2.05) is 18.2 Å². The average molecular weight is 437 g/mol. The second kappa shape index (κ2) is 10.1. The van der Waals surface area contributed by atoms with Gasteiger partial charge >= 0.3 is 5.97 Å². The standard InChI is InChI=1S/C19H23N3O7S/c1-22(28-2)19(25)15(11-18(23)24)21-30(26,27)17-9-8-14(20)10-16(17)29-12-13-6-4-3-5-7-13/h3-10,15,21H,11-12,20H2,1-2H3,(H,23,24). The van der Waals surface area contributed by atoms with Crippen molar-refractivity contribution in [3.8, 4) is 5.75 Å². The van der Waals surface area contributed by atoms with Gasteiger partial charge in [-0.25, -0.2) is 13.5 Å². The average Bonchev–Trinajstić information content (AvgIpc) is 2.70. The lowest BCUT2D eigenvalue weighted by atomic mass is 10.2. The molecule has 4 N–H and O–H groups in total. The summed E-state index contributed by atoms with van der Waals surface area (Å²) in [5, 5.41) is 9.81. The van der Waals surface area contributed by atoms with E-state index in [0.29, 0.717) is 0 Å². The van der Waals surface area contributed by atoms with E-state index in [9.17, 15) is 18.0 Å². The smallest absolute Gasteiger partial charge is 0.305 e. The molecule has 0 saturated carbocycles. The SMILES string of the molecule is CON(C)C(=O)C(CC(=O)O)NS(=O)(=O)c1ccc(N)cc1OCc1ccccc1. The fraction of sp³-hybridized carbons (Fsp3) is 0.263. The molecule has 0 radical (unpaired) electrons. The van der Waals surface area contributed by atoms with Crippen molar-refractivity contribution >= 4 is 27.6 Å². The van der Waals surface area contributed by atoms with Gasteiger partial charge < -0.3 is 15.6 Å². The Labute approximate surface area is 174 Å². The second-order valence-electron chi connectivity index (χ2n) is 6.27. The minimum absolute atomic E-state index is 0.0343. The third-order valence-corrected chi connectivity index (χ3v) is 5.56. The molecule has 162 valence electrons. The number of hydroxylamine groups is 2. The zero-order valence-electron chi connectivity index (χ0n) is 16.4. The predicted octanol–water partition coefficient (Wildman–Crippen LogP) is 0.989. The number of nitrogens with one attached hydrogen (secondary N) is 1. The molecular formula is C19H23N3O7S. The number of ether oxygens (including phenoxy) is 1. The Morgan fingerprint density at radius 2 is 1.87 bits per heavy atom.